The first kappa shape index (κ1) is 28.5. The van der Waals surface area contributed by atoms with Crippen molar-refractivity contribution in [3.63, 3.8) is 0 Å². The molecule has 2 N–H and O–H groups in total. The summed E-state index contributed by atoms with van der Waals surface area (Å²) in [5, 5.41) is 21.9. The van der Waals surface area contributed by atoms with Gasteiger partial charge in [-0.2, -0.15) is 0 Å². The molecule has 0 aromatic heterocycles. The number of hydrogen-bond acceptors (Lipinski definition) is 4. The molecule has 3 rings (SSSR count). The van der Waals surface area contributed by atoms with Crippen molar-refractivity contribution in [1.82, 2.24) is 0 Å². The van der Waals surface area contributed by atoms with Crippen molar-refractivity contribution >= 4 is 35.6 Å². The van der Waals surface area contributed by atoms with Crippen LogP contribution in [0.5, 0.6) is 11.5 Å². The van der Waals surface area contributed by atoms with E-state index in [0.717, 1.165) is 47.9 Å². The molecule has 1 aliphatic carbocycles. The summed E-state index contributed by atoms with van der Waals surface area (Å²) in [6.07, 6.45) is 7.61. The van der Waals surface area contributed by atoms with E-state index in [0.29, 0.717) is 22.9 Å². The topological polar surface area (TPSA) is 65.2 Å². The van der Waals surface area contributed by atoms with Gasteiger partial charge in [0.2, 0.25) is 0 Å². The Balaban J connectivity index is 1.92. The Hall–Kier alpha value is -2.04. The van der Waals surface area contributed by atoms with Gasteiger partial charge in [-0.15, -0.1) is 23.2 Å². The van der Waals surface area contributed by atoms with Crippen LogP contribution in [0.4, 0.5) is 0 Å². The molecule has 2 aromatic rings. The normalized spacial score (nSPS) is 19.4. The van der Waals surface area contributed by atoms with Crippen molar-refractivity contribution < 1.29 is 10.2 Å². The molecule has 0 amide bonds. The minimum Gasteiger partial charge on any atom is -0.507 e. The second-order valence-corrected chi connectivity index (χ2v) is 12.4. The number of phenolic OH excluding ortho intramolecular Hbond substituents is 2. The number of aromatic hydroxyl groups is 2. The third-order valence-electron chi connectivity index (χ3n) is 6.83. The molecule has 1 saturated carbocycles. The second kappa shape index (κ2) is 11.6. The molecule has 0 radical (unpaired) electrons. The summed E-state index contributed by atoms with van der Waals surface area (Å²) in [5.41, 5.74) is 4.61. The number of rotatable bonds is 6. The van der Waals surface area contributed by atoms with Gasteiger partial charge in [0, 0.05) is 46.4 Å². The lowest BCUT2D eigenvalue weighted by Crippen LogP contribution is -2.27. The first-order valence-corrected chi connectivity index (χ1v) is 13.8. The zero-order valence-electron chi connectivity index (χ0n) is 22.4. The van der Waals surface area contributed by atoms with Crippen LogP contribution in [0.15, 0.2) is 34.3 Å². The fourth-order valence-corrected chi connectivity index (χ4v) is 5.03. The van der Waals surface area contributed by atoms with E-state index in [1.165, 1.54) is 0 Å². The summed E-state index contributed by atoms with van der Waals surface area (Å²) in [5.74, 6) is 1.27. The molecular formula is C30H40Cl2N2O2. The van der Waals surface area contributed by atoms with Gasteiger partial charge in [-0.25, -0.2) is 0 Å². The van der Waals surface area contributed by atoms with Gasteiger partial charge < -0.3 is 10.2 Å². The third kappa shape index (κ3) is 6.83. The van der Waals surface area contributed by atoms with Gasteiger partial charge in [0.1, 0.15) is 11.5 Å². The van der Waals surface area contributed by atoms with Crippen LogP contribution in [0.2, 0.25) is 0 Å². The molecule has 0 bridgehead atoms. The average Bonchev–Trinajstić information content (AvgIpc) is 2.81. The van der Waals surface area contributed by atoms with E-state index >= 15 is 0 Å². The number of halogens is 2. The molecule has 0 spiro atoms. The molecule has 2 atom stereocenters. The lowest BCUT2D eigenvalue weighted by Gasteiger charge is -2.26. The van der Waals surface area contributed by atoms with Crippen molar-refractivity contribution in [2.75, 3.05) is 0 Å². The van der Waals surface area contributed by atoms with Crippen LogP contribution in [-0.2, 0) is 22.6 Å². The molecule has 0 aliphatic heterocycles. The van der Waals surface area contributed by atoms with Crippen LogP contribution in [0, 0.1) is 0 Å². The van der Waals surface area contributed by atoms with Crippen LogP contribution < -0.4 is 0 Å². The summed E-state index contributed by atoms with van der Waals surface area (Å²) in [6.45, 7) is 12.5. The number of phenols is 2. The summed E-state index contributed by atoms with van der Waals surface area (Å²) < 4.78 is 0. The molecular weight excluding hydrogens is 491 g/mol. The van der Waals surface area contributed by atoms with Gasteiger partial charge in [-0.05, 0) is 46.9 Å². The fourth-order valence-electron chi connectivity index (χ4n) is 4.72. The van der Waals surface area contributed by atoms with Crippen LogP contribution in [0.25, 0.3) is 0 Å². The van der Waals surface area contributed by atoms with Gasteiger partial charge in [0.15, 0.2) is 0 Å². The minimum atomic E-state index is -0.210. The average molecular weight is 532 g/mol. The van der Waals surface area contributed by atoms with E-state index in [1.807, 2.05) is 24.3 Å². The third-order valence-corrected chi connectivity index (χ3v) is 7.44. The second-order valence-electron chi connectivity index (χ2n) is 11.9. The zero-order valence-corrected chi connectivity index (χ0v) is 23.9. The highest BCUT2D eigenvalue weighted by molar-refractivity contribution is 6.17. The van der Waals surface area contributed by atoms with Crippen molar-refractivity contribution in [3.8, 4) is 11.5 Å². The van der Waals surface area contributed by atoms with Crippen molar-refractivity contribution in [2.24, 2.45) is 9.98 Å². The van der Waals surface area contributed by atoms with Crippen LogP contribution in [-0.4, -0.2) is 34.7 Å². The smallest absolute Gasteiger partial charge is 0.128 e. The SMILES string of the molecule is CC(C)(C)c1cc(CCl)cc(C=N[C@@H]2CCCC[C@H]2N=Cc2cc(CCl)cc(C(C)(C)C)c2O)c1O. The minimum absolute atomic E-state index is 0.00702. The molecule has 36 heavy (non-hydrogen) atoms. The first-order valence-electron chi connectivity index (χ1n) is 12.8. The zero-order chi connectivity index (χ0) is 26.7. The standard InChI is InChI=1S/C30H40Cl2N2O2/c1-29(2,3)23-13-19(15-31)11-21(27(23)35)17-33-25-9-7-8-10-26(25)34-18-22-12-20(16-32)14-24(28(22)36)30(4,5)6/h11-14,17-18,25-26,35-36H,7-10,15-16H2,1-6H3/t25-,26-/m1/s1. The van der Waals surface area contributed by atoms with E-state index < -0.39 is 0 Å². The van der Waals surface area contributed by atoms with Crippen molar-refractivity contribution in [2.45, 2.75) is 102 Å². The molecule has 0 heterocycles. The summed E-state index contributed by atoms with van der Waals surface area (Å²) in [7, 11) is 0. The Labute approximate surface area is 226 Å². The molecule has 6 heteroatoms. The van der Waals surface area contributed by atoms with Gasteiger partial charge in [-0.1, -0.05) is 66.5 Å². The quantitative estimate of drug-likeness (QED) is 0.293. The van der Waals surface area contributed by atoms with Crippen LogP contribution in [0.1, 0.15) is 101 Å². The lowest BCUT2D eigenvalue weighted by atomic mass is 9.84. The van der Waals surface area contributed by atoms with Gasteiger partial charge >= 0.3 is 0 Å². The highest BCUT2D eigenvalue weighted by atomic mass is 35.5. The van der Waals surface area contributed by atoms with Crippen molar-refractivity contribution in [1.29, 1.82) is 0 Å². The number of benzene rings is 2. The van der Waals surface area contributed by atoms with E-state index in [4.69, 9.17) is 33.2 Å². The highest BCUT2D eigenvalue weighted by Crippen LogP contribution is 2.36. The van der Waals surface area contributed by atoms with E-state index in [9.17, 15) is 10.2 Å². The van der Waals surface area contributed by atoms with Crippen molar-refractivity contribution in [3.05, 3.63) is 57.6 Å². The number of hydrogen-bond donors (Lipinski definition) is 2. The Kier molecular flexibility index (Phi) is 9.16. The monoisotopic (exact) mass is 530 g/mol. The van der Waals surface area contributed by atoms with Gasteiger partial charge in [-0.3, -0.25) is 9.98 Å². The summed E-state index contributed by atoms with van der Waals surface area (Å²) in [4.78, 5) is 9.79. The number of nitrogens with zero attached hydrogens (tertiary/aromatic N) is 2. The number of alkyl halides is 2. The Morgan fingerprint density at radius 1 is 0.722 bits per heavy atom. The largest absolute Gasteiger partial charge is 0.507 e. The predicted octanol–water partition coefficient (Wildman–Crippen LogP) is 8.02. The number of aliphatic imine (C=N–C) groups is 2. The van der Waals surface area contributed by atoms with E-state index in [-0.39, 0.29) is 34.4 Å². The summed E-state index contributed by atoms with van der Waals surface area (Å²) >= 11 is 12.3. The Morgan fingerprint density at radius 2 is 1.08 bits per heavy atom. The lowest BCUT2D eigenvalue weighted by molar-refractivity contribution is 0.390. The maximum absolute atomic E-state index is 11.0. The fraction of sp³-hybridized carbons (Fsp3) is 0.533. The highest BCUT2D eigenvalue weighted by Gasteiger charge is 2.25. The van der Waals surface area contributed by atoms with Crippen LogP contribution in [0.3, 0.4) is 0 Å². The maximum Gasteiger partial charge on any atom is 0.128 e. The van der Waals surface area contributed by atoms with E-state index in [1.54, 1.807) is 12.4 Å². The first-order chi connectivity index (χ1) is 16.8. The van der Waals surface area contributed by atoms with Gasteiger partial charge in [0.25, 0.3) is 0 Å². The molecule has 0 saturated heterocycles. The van der Waals surface area contributed by atoms with E-state index in [2.05, 4.69) is 41.5 Å². The molecule has 196 valence electrons. The molecule has 4 nitrogen and oxygen atoms in total. The van der Waals surface area contributed by atoms with Crippen LogP contribution >= 0.6 is 23.2 Å². The maximum atomic E-state index is 11.0. The predicted molar refractivity (Wildman–Crippen MR) is 154 cm³/mol. The molecule has 0 unspecified atom stereocenters. The Morgan fingerprint density at radius 3 is 1.39 bits per heavy atom. The summed E-state index contributed by atoms with van der Waals surface area (Å²) in [6, 6.07) is 7.78. The molecule has 1 fully saturated rings. The Bertz CT molecular complexity index is 1040. The molecule has 2 aromatic carbocycles. The molecule has 1 aliphatic rings. The van der Waals surface area contributed by atoms with Gasteiger partial charge in [0.05, 0.1) is 12.1 Å².